The van der Waals surface area contributed by atoms with Crippen molar-refractivity contribution in [3.05, 3.63) is 0 Å². The number of hydrogen-bond donors (Lipinski definition) is 1. The van der Waals surface area contributed by atoms with Crippen LogP contribution in [0.5, 0.6) is 0 Å². The van der Waals surface area contributed by atoms with Gasteiger partial charge < -0.3 is 10.1 Å². The number of methoxy groups -OCH3 is 1. The Balaban J connectivity index is 2.62. The highest BCUT2D eigenvalue weighted by molar-refractivity contribution is 4.90. The average molecular weight is 284 g/mol. The summed E-state index contributed by atoms with van der Waals surface area (Å²) < 4.78 is 5.27. The van der Waals surface area contributed by atoms with Gasteiger partial charge in [-0.1, -0.05) is 41.0 Å². The van der Waals surface area contributed by atoms with E-state index >= 15 is 0 Å². The molecule has 120 valence electrons. The van der Waals surface area contributed by atoms with Crippen LogP contribution in [0.4, 0.5) is 0 Å². The van der Waals surface area contributed by atoms with Gasteiger partial charge in [0.25, 0.3) is 0 Å². The fourth-order valence-electron chi connectivity index (χ4n) is 3.15. The predicted octanol–water partition coefficient (Wildman–Crippen LogP) is 3.15. The second-order valence-corrected chi connectivity index (χ2v) is 7.30. The topological polar surface area (TPSA) is 24.5 Å². The first-order valence-electron chi connectivity index (χ1n) is 8.39. The van der Waals surface area contributed by atoms with Crippen LogP contribution in [0.25, 0.3) is 0 Å². The number of rotatable bonds is 8. The van der Waals surface area contributed by atoms with Gasteiger partial charge in [0.15, 0.2) is 0 Å². The van der Waals surface area contributed by atoms with Crippen molar-refractivity contribution in [3.8, 4) is 0 Å². The molecule has 0 amide bonds. The maximum atomic E-state index is 5.27. The molecule has 3 heteroatoms. The van der Waals surface area contributed by atoms with Crippen molar-refractivity contribution in [2.45, 2.75) is 66.0 Å². The molecule has 1 aliphatic heterocycles. The lowest BCUT2D eigenvalue weighted by molar-refractivity contribution is 0.0535. The molecule has 0 bridgehead atoms. The van der Waals surface area contributed by atoms with E-state index in [2.05, 4.69) is 44.8 Å². The molecule has 1 heterocycles. The summed E-state index contributed by atoms with van der Waals surface area (Å²) in [5, 5.41) is 3.76. The third-order valence-electron chi connectivity index (χ3n) is 4.98. The predicted molar refractivity (Wildman–Crippen MR) is 87.2 cm³/mol. The molecule has 0 aromatic rings. The summed E-state index contributed by atoms with van der Waals surface area (Å²) >= 11 is 0. The van der Waals surface area contributed by atoms with Crippen LogP contribution in [0, 0.1) is 11.3 Å². The number of piperazine rings is 1. The molecule has 0 aliphatic carbocycles. The summed E-state index contributed by atoms with van der Waals surface area (Å²) in [5.74, 6) is 0.761. The molecule has 0 radical (unpaired) electrons. The quantitative estimate of drug-likeness (QED) is 0.741. The van der Waals surface area contributed by atoms with Gasteiger partial charge in [0.2, 0.25) is 0 Å². The van der Waals surface area contributed by atoms with Crippen molar-refractivity contribution < 1.29 is 4.74 Å². The van der Waals surface area contributed by atoms with Crippen molar-refractivity contribution >= 4 is 0 Å². The van der Waals surface area contributed by atoms with E-state index in [0.717, 1.165) is 25.5 Å². The van der Waals surface area contributed by atoms with Crippen LogP contribution >= 0.6 is 0 Å². The van der Waals surface area contributed by atoms with Gasteiger partial charge in [-0.3, -0.25) is 4.90 Å². The van der Waals surface area contributed by atoms with Gasteiger partial charge in [-0.25, -0.2) is 0 Å². The van der Waals surface area contributed by atoms with Crippen LogP contribution in [0.2, 0.25) is 0 Å². The molecule has 3 atom stereocenters. The summed E-state index contributed by atoms with van der Waals surface area (Å²) in [6, 6.07) is 1.35. The van der Waals surface area contributed by atoms with Gasteiger partial charge in [0, 0.05) is 45.4 Å². The molecular formula is C17H36N2O. The van der Waals surface area contributed by atoms with E-state index in [1.165, 1.54) is 25.9 Å². The minimum atomic E-state index is 0.334. The van der Waals surface area contributed by atoms with Gasteiger partial charge in [0.05, 0.1) is 0 Å². The molecule has 20 heavy (non-hydrogen) atoms. The molecule has 3 unspecified atom stereocenters. The summed E-state index contributed by atoms with van der Waals surface area (Å²) in [6.45, 7) is 16.1. The van der Waals surface area contributed by atoms with Crippen LogP contribution < -0.4 is 5.32 Å². The largest absolute Gasteiger partial charge is 0.385 e. The van der Waals surface area contributed by atoms with Crippen molar-refractivity contribution in [1.82, 2.24) is 10.2 Å². The van der Waals surface area contributed by atoms with E-state index in [-0.39, 0.29) is 0 Å². The lowest BCUT2D eigenvalue weighted by Gasteiger charge is -2.45. The lowest BCUT2D eigenvalue weighted by Crippen LogP contribution is -2.59. The van der Waals surface area contributed by atoms with Crippen LogP contribution in [-0.4, -0.2) is 50.3 Å². The van der Waals surface area contributed by atoms with Gasteiger partial charge >= 0.3 is 0 Å². The summed E-state index contributed by atoms with van der Waals surface area (Å²) in [6.07, 6.45) is 3.63. The Morgan fingerprint density at radius 1 is 1.35 bits per heavy atom. The lowest BCUT2D eigenvalue weighted by atomic mass is 9.86. The molecule has 1 N–H and O–H groups in total. The smallest absolute Gasteiger partial charge is 0.0467 e. The molecule has 0 aromatic heterocycles. The van der Waals surface area contributed by atoms with Gasteiger partial charge in [0.1, 0.15) is 0 Å². The Hall–Kier alpha value is -0.120. The SMILES string of the molecule is CCC(C)C1CN(CC(C)(C)CCOC)C(CC)CN1. The molecule has 1 rings (SSSR count). The highest BCUT2D eigenvalue weighted by Crippen LogP contribution is 2.26. The first-order valence-corrected chi connectivity index (χ1v) is 8.39. The third kappa shape index (κ3) is 5.34. The summed E-state index contributed by atoms with van der Waals surface area (Å²) in [4.78, 5) is 2.73. The van der Waals surface area contributed by atoms with Crippen molar-refractivity contribution in [2.24, 2.45) is 11.3 Å². The first kappa shape index (κ1) is 17.9. The van der Waals surface area contributed by atoms with E-state index < -0.39 is 0 Å². The molecule has 1 aliphatic rings. The zero-order chi connectivity index (χ0) is 15.2. The third-order valence-corrected chi connectivity index (χ3v) is 4.98. The fourth-order valence-corrected chi connectivity index (χ4v) is 3.15. The molecule has 3 nitrogen and oxygen atoms in total. The monoisotopic (exact) mass is 284 g/mol. The van der Waals surface area contributed by atoms with Crippen molar-refractivity contribution in [3.63, 3.8) is 0 Å². The van der Waals surface area contributed by atoms with Crippen LogP contribution in [0.3, 0.4) is 0 Å². The Bertz CT molecular complexity index is 268. The van der Waals surface area contributed by atoms with Gasteiger partial charge in [-0.15, -0.1) is 0 Å². The van der Waals surface area contributed by atoms with Crippen LogP contribution in [0.15, 0.2) is 0 Å². The zero-order valence-corrected chi connectivity index (χ0v) is 14.5. The second kappa shape index (κ2) is 8.35. The Labute approximate surface area is 126 Å². The Morgan fingerprint density at radius 2 is 2.05 bits per heavy atom. The maximum absolute atomic E-state index is 5.27. The fraction of sp³-hybridized carbons (Fsp3) is 1.00. The Morgan fingerprint density at radius 3 is 2.60 bits per heavy atom. The van der Waals surface area contributed by atoms with Crippen LogP contribution in [-0.2, 0) is 4.74 Å². The van der Waals surface area contributed by atoms with Gasteiger partial charge in [-0.2, -0.15) is 0 Å². The van der Waals surface area contributed by atoms with E-state index in [0.29, 0.717) is 17.5 Å². The van der Waals surface area contributed by atoms with E-state index in [1.807, 2.05) is 0 Å². The molecule has 1 fully saturated rings. The molecule has 0 spiro atoms. The normalized spacial score (nSPS) is 26.7. The Kier molecular flexibility index (Phi) is 7.49. The highest BCUT2D eigenvalue weighted by atomic mass is 16.5. The number of ether oxygens (including phenoxy) is 1. The minimum Gasteiger partial charge on any atom is -0.385 e. The maximum Gasteiger partial charge on any atom is 0.0467 e. The highest BCUT2D eigenvalue weighted by Gasteiger charge is 2.32. The number of hydrogen-bond acceptors (Lipinski definition) is 3. The van der Waals surface area contributed by atoms with Crippen molar-refractivity contribution in [2.75, 3.05) is 33.4 Å². The number of nitrogens with one attached hydrogen (secondary N) is 1. The molecule has 0 saturated carbocycles. The van der Waals surface area contributed by atoms with Gasteiger partial charge in [-0.05, 0) is 24.2 Å². The van der Waals surface area contributed by atoms with E-state index in [4.69, 9.17) is 4.74 Å². The number of nitrogens with zero attached hydrogens (tertiary/aromatic N) is 1. The first-order chi connectivity index (χ1) is 9.43. The average Bonchev–Trinajstić information content (AvgIpc) is 2.43. The standard InChI is InChI=1S/C17H36N2O/c1-7-14(3)16-12-19(15(8-2)11-18-16)13-17(4,5)9-10-20-6/h14-16,18H,7-13H2,1-6H3. The van der Waals surface area contributed by atoms with Crippen molar-refractivity contribution in [1.29, 1.82) is 0 Å². The second-order valence-electron chi connectivity index (χ2n) is 7.30. The summed E-state index contributed by atoms with van der Waals surface area (Å²) in [5.41, 5.74) is 0.334. The molecular weight excluding hydrogens is 248 g/mol. The van der Waals surface area contributed by atoms with E-state index in [9.17, 15) is 0 Å². The minimum absolute atomic E-state index is 0.334. The molecule has 0 aromatic carbocycles. The van der Waals surface area contributed by atoms with E-state index in [1.54, 1.807) is 7.11 Å². The zero-order valence-electron chi connectivity index (χ0n) is 14.5. The summed E-state index contributed by atoms with van der Waals surface area (Å²) in [7, 11) is 1.80. The molecule has 1 saturated heterocycles. The van der Waals surface area contributed by atoms with Crippen LogP contribution in [0.1, 0.15) is 53.9 Å².